The second kappa shape index (κ2) is 6.86. The van der Waals surface area contributed by atoms with Gasteiger partial charge in [0.1, 0.15) is 18.4 Å². The van der Waals surface area contributed by atoms with Crippen molar-refractivity contribution < 1.29 is 9.53 Å². The van der Waals surface area contributed by atoms with Crippen LogP contribution in [0.15, 0.2) is 30.9 Å². The molecule has 0 unspecified atom stereocenters. The van der Waals surface area contributed by atoms with Crippen LogP contribution in [0.5, 0.6) is 5.75 Å². The van der Waals surface area contributed by atoms with Gasteiger partial charge in [0, 0.05) is 25.2 Å². The van der Waals surface area contributed by atoms with Gasteiger partial charge in [0.05, 0.1) is 7.11 Å². The van der Waals surface area contributed by atoms with Crippen molar-refractivity contribution in [2.75, 3.05) is 20.2 Å². The van der Waals surface area contributed by atoms with Gasteiger partial charge in [-0.25, -0.2) is 4.98 Å². The number of aromatic nitrogens is 3. The molecular formula is C19H24N4O2. The van der Waals surface area contributed by atoms with Crippen molar-refractivity contribution in [3.63, 3.8) is 0 Å². The maximum absolute atomic E-state index is 13.0. The fourth-order valence-electron chi connectivity index (χ4n) is 3.75. The molecule has 6 nitrogen and oxygen atoms in total. The van der Waals surface area contributed by atoms with Gasteiger partial charge in [-0.15, -0.1) is 0 Å². The number of rotatable bonds is 5. The van der Waals surface area contributed by atoms with Gasteiger partial charge in [-0.1, -0.05) is 0 Å². The van der Waals surface area contributed by atoms with Gasteiger partial charge >= 0.3 is 0 Å². The first-order chi connectivity index (χ1) is 12.2. The van der Waals surface area contributed by atoms with E-state index in [-0.39, 0.29) is 5.91 Å². The average Bonchev–Trinajstić information content (AvgIpc) is 3.38. The minimum atomic E-state index is 0.132. The van der Waals surface area contributed by atoms with Gasteiger partial charge in [0.2, 0.25) is 0 Å². The summed E-state index contributed by atoms with van der Waals surface area (Å²) < 4.78 is 7.32. The molecule has 4 rings (SSSR count). The Morgan fingerprint density at radius 1 is 1.32 bits per heavy atom. The fourth-order valence-corrected chi connectivity index (χ4v) is 3.75. The molecule has 1 atom stereocenters. The van der Waals surface area contributed by atoms with Crippen molar-refractivity contribution >= 4 is 5.91 Å². The first-order valence-corrected chi connectivity index (χ1v) is 9.04. The molecule has 6 heteroatoms. The van der Waals surface area contributed by atoms with Crippen molar-refractivity contribution in [1.82, 2.24) is 19.7 Å². The van der Waals surface area contributed by atoms with E-state index in [0.29, 0.717) is 11.8 Å². The standard InChI is InChI=1S/C19H24N4O2/c1-25-18-7-6-16(9-17(18)15-4-5-15)19(24)22-8-2-3-14(10-22)11-23-13-20-12-21-23/h6-7,9,12-15H,2-5,8,10-11H2,1H3/t14-/m1/s1. The minimum Gasteiger partial charge on any atom is -0.496 e. The summed E-state index contributed by atoms with van der Waals surface area (Å²) in [5.74, 6) is 2.03. The summed E-state index contributed by atoms with van der Waals surface area (Å²) in [6.45, 7) is 2.43. The number of hydrogen-bond acceptors (Lipinski definition) is 4. The van der Waals surface area contributed by atoms with E-state index in [1.165, 1.54) is 18.4 Å². The summed E-state index contributed by atoms with van der Waals surface area (Å²) in [7, 11) is 1.70. The Bertz CT molecular complexity index is 740. The molecule has 0 radical (unpaired) electrons. The Balaban J connectivity index is 1.47. The molecule has 1 aliphatic heterocycles. The minimum absolute atomic E-state index is 0.132. The maximum atomic E-state index is 13.0. The molecule has 2 heterocycles. The third-order valence-electron chi connectivity index (χ3n) is 5.21. The van der Waals surface area contributed by atoms with Gasteiger partial charge in [-0.3, -0.25) is 9.48 Å². The van der Waals surface area contributed by atoms with Crippen molar-refractivity contribution in [2.24, 2.45) is 5.92 Å². The van der Waals surface area contributed by atoms with Gasteiger partial charge < -0.3 is 9.64 Å². The molecule has 1 aliphatic carbocycles. The fraction of sp³-hybridized carbons (Fsp3) is 0.526. The molecule has 2 fully saturated rings. The van der Waals surface area contributed by atoms with E-state index in [4.69, 9.17) is 4.74 Å². The lowest BCUT2D eigenvalue weighted by molar-refractivity contribution is 0.0659. The highest BCUT2D eigenvalue weighted by atomic mass is 16.5. The van der Waals surface area contributed by atoms with E-state index in [0.717, 1.165) is 43.8 Å². The Hall–Kier alpha value is -2.37. The number of ether oxygens (including phenoxy) is 1. The number of carbonyl (C=O) groups excluding carboxylic acids is 1. The van der Waals surface area contributed by atoms with Crippen molar-refractivity contribution in [1.29, 1.82) is 0 Å². The molecule has 2 aliphatic rings. The van der Waals surface area contributed by atoms with E-state index < -0.39 is 0 Å². The van der Waals surface area contributed by atoms with Crippen LogP contribution in [0.4, 0.5) is 0 Å². The molecule has 132 valence electrons. The second-order valence-electron chi connectivity index (χ2n) is 7.11. The number of carbonyl (C=O) groups is 1. The van der Waals surface area contributed by atoms with E-state index >= 15 is 0 Å². The molecule has 1 amide bonds. The molecule has 1 aromatic carbocycles. The van der Waals surface area contributed by atoms with Crippen LogP contribution in [0.25, 0.3) is 0 Å². The van der Waals surface area contributed by atoms with Crippen molar-refractivity contribution in [3.8, 4) is 5.75 Å². The molecule has 0 bridgehead atoms. The molecule has 0 spiro atoms. The summed E-state index contributed by atoms with van der Waals surface area (Å²) >= 11 is 0. The van der Waals surface area contributed by atoms with Gasteiger partial charge in [0.25, 0.3) is 5.91 Å². The number of piperidine rings is 1. The first-order valence-electron chi connectivity index (χ1n) is 9.04. The summed E-state index contributed by atoms with van der Waals surface area (Å²) in [6.07, 6.45) is 7.85. The van der Waals surface area contributed by atoms with Crippen LogP contribution in [0.1, 0.15) is 47.5 Å². The lowest BCUT2D eigenvalue weighted by Crippen LogP contribution is -2.41. The van der Waals surface area contributed by atoms with Crippen LogP contribution in [0.3, 0.4) is 0 Å². The normalized spacial score (nSPS) is 20.5. The van der Waals surface area contributed by atoms with Gasteiger partial charge in [-0.05, 0) is 61.3 Å². The first kappa shape index (κ1) is 16.1. The smallest absolute Gasteiger partial charge is 0.253 e. The monoisotopic (exact) mass is 340 g/mol. The van der Waals surface area contributed by atoms with Crippen LogP contribution >= 0.6 is 0 Å². The second-order valence-corrected chi connectivity index (χ2v) is 7.11. The van der Waals surface area contributed by atoms with E-state index in [9.17, 15) is 4.79 Å². The largest absolute Gasteiger partial charge is 0.496 e. The quantitative estimate of drug-likeness (QED) is 0.840. The van der Waals surface area contributed by atoms with Gasteiger partial charge in [0.15, 0.2) is 0 Å². The predicted octanol–water partition coefficient (Wildman–Crippen LogP) is 2.72. The average molecular weight is 340 g/mol. The Kier molecular flexibility index (Phi) is 4.42. The van der Waals surface area contributed by atoms with Crippen LogP contribution in [0.2, 0.25) is 0 Å². The molecule has 0 N–H and O–H groups in total. The van der Waals surface area contributed by atoms with E-state index in [1.807, 2.05) is 27.8 Å². The third-order valence-corrected chi connectivity index (χ3v) is 5.21. The van der Waals surface area contributed by atoms with Crippen LogP contribution in [0, 0.1) is 5.92 Å². The van der Waals surface area contributed by atoms with Crippen molar-refractivity contribution in [2.45, 2.75) is 38.1 Å². The third kappa shape index (κ3) is 3.52. The van der Waals surface area contributed by atoms with E-state index in [2.05, 4.69) is 10.1 Å². The molecule has 2 aromatic rings. The maximum Gasteiger partial charge on any atom is 0.253 e. The number of hydrogen-bond donors (Lipinski definition) is 0. The number of methoxy groups -OCH3 is 1. The zero-order valence-electron chi connectivity index (χ0n) is 14.6. The molecule has 1 aromatic heterocycles. The van der Waals surface area contributed by atoms with Crippen LogP contribution < -0.4 is 4.74 Å². The summed E-state index contributed by atoms with van der Waals surface area (Å²) in [6, 6.07) is 5.88. The molecule has 1 saturated carbocycles. The summed E-state index contributed by atoms with van der Waals surface area (Å²) in [5.41, 5.74) is 1.97. The van der Waals surface area contributed by atoms with Gasteiger partial charge in [-0.2, -0.15) is 5.10 Å². The molecule has 1 saturated heterocycles. The Morgan fingerprint density at radius 2 is 2.20 bits per heavy atom. The topological polar surface area (TPSA) is 60.2 Å². The van der Waals surface area contributed by atoms with Crippen LogP contribution in [-0.4, -0.2) is 45.8 Å². The molecule has 25 heavy (non-hydrogen) atoms. The van der Waals surface area contributed by atoms with Crippen molar-refractivity contribution in [3.05, 3.63) is 42.0 Å². The highest BCUT2D eigenvalue weighted by molar-refractivity contribution is 5.94. The number of amides is 1. The number of nitrogens with zero attached hydrogens (tertiary/aromatic N) is 4. The summed E-state index contributed by atoms with van der Waals surface area (Å²) in [4.78, 5) is 19.0. The lowest BCUT2D eigenvalue weighted by atomic mass is 9.97. The highest BCUT2D eigenvalue weighted by Crippen LogP contribution is 2.44. The van der Waals surface area contributed by atoms with E-state index in [1.54, 1.807) is 19.8 Å². The number of benzene rings is 1. The SMILES string of the molecule is COc1ccc(C(=O)N2CCC[C@@H](Cn3cncn3)C2)cc1C1CC1. The summed E-state index contributed by atoms with van der Waals surface area (Å²) in [5, 5.41) is 4.18. The zero-order chi connectivity index (χ0) is 17.2. The highest BCUT2D eigenvalue weighted by Gasteiger charge is 2.29. The zero-order valence-corrected chi connectivity index (χ0v) is 14.6. The Labute approximate surface area is 147 Å². The molecular weight excluding hydrogens is 316 g/mol. The number of likely N-dealkylation sites (tertiary alicyclic amines) is 1. The van der Waals surface area contributed by atoms with Crippen LogP contribution in [-0.2, 0) is 6.54 Å². The Morgan fingerprint density at radius 3 is 2.92 bits per heavy atom. The lowest BCUT2D eigenvalue weighted by Gasteiger charge is -2.33. The predicted molar refractivity (Wildman–Crippen MR) is 93.6 cm³/mol.